The third-order valence-electron chi connectivity index (χ3n) is 4.78. The van der Waals surface area contributed by atoms with E-state index in [1.807, 2.05) is 4.90 Å². The minimum Gasteiger partial charge on any atom is -0.353 e. The second-order valence-electron chi connectivity index (χ2n) is 7.04. The number of hydrogen-bond donors (Lipinski definition) is 4. The fraction of sp³-hybridized carbons (Fsp3) is 0.471. The first-order valence-corrected chi connectivity index (χ1v) is 12.9. The zero-order valence-corrected chi connectivity index (χ0v) is 19.0. The van der Waals surface area contributed by atoms with E-state index in [1.165, 1.54) is 24.3 Å². The Morgan fingerprint density at radius 3 is 2.12 bits per heavy atom. The molecule has 4 N–H and O–H groups in total. The lowest BCUT2D eigenvalue weighted by Crippen LogP contribution is -2.46. The molecule has 0 atom stereocenters. The van der Waals surface area contributed by atoms with E-state index in [0.29, 0.717) is 24.7 Å². The van der Waals surface area contributed by atoms with Crippen LogP contribution in [0.25, 0.3) is 0 Å². The summed E-state index contributed by atoms with van der Waals surface area (Å²) in [6.45, 7) is 6.01. The number of anilines is 4. The fourth-order valence-electron chi connectivity index (χ4n) is 3.04. The zero-order valence-electron chi connectivity index (χ0n) is 17.3. The first-order chi connectivity index (χ1) is 15.0. The van der Waals surface area contributed by atoms with Crippen LogP contribution in [0.5, 0.6) is 0 Å². The summed E-state index contributed by atoms with van der Waals surface area (Å²) in [6, 6.07) is 5.35. The highest BCUT2D eigenvalue weighted by atomic mass is 32.2. The number of likely N-dealkylation sites (N-methyl/N-ethyl adjacent to an activating group) is 1. The monoisotopic (exact) mass is 487 g/mol. The normalized spacial score (nSPS) is 15.5. The maximum atomic E-state index is 11.2. The van der Waals surface area contributed by atoms with Crippen LogP contribution in [0.3, 0.4) is 0 Å². The summed E-state index contributed by atoms with van der Waals surface area (Å²) in [5.41, 5.74) is 0.467. The zero-order chi connectivity index (χ0) is 23.4. The van der Waals surface area contributed by atoms with E-state index in [4.69, 9.17) is 9.11 Å². The molecule has 0 spiro atoms. The summed E-state index contributed by atoms with van der Waals surface area (Å²) < 4.78 is 62.4. The lowest BCUT2D eigenvalue weighted by molar-refractivity contribution is 0.270. The van der Waals surface area contributed by atoms with Gasteiger partial charge in [0.05, 0.1) is 10.6 Å². The molecule has 0 bridgehead atoms. The van der Waals surface area contributed by atoms with E-state index in [-0.39, 0.29) is 23.3 Å². The molecule has 2 aromatic rings. The molecule has 13 nitrogen and oxygen atoms in total. The molecule has 1 saturated heterocycles. The van der Waals surface area contributed by atoms with E-state index >= 15 is 0 Å². The molecule has 32 heavy (non-hydrogen) atoms. The van der Waals surface area contributed by atoms with Crippen molar-refractivity contribution in [2.24, 2.45) is 0 Å². The Bertz CT molecular complexity index is 1130. The average Bonchev–Trinajstić information content (AvgIpc) is 2.72. The number of nitrogens with zero attached hydrogens (tertiary/aromatic N) is 5. The van der Waals surface area contributed by atoms with Crippen molar-refractivity contribution in [2.45, 2.75) is 11.8 Å². The topological polar surface area (TPSA) is 178 Å². The Hall–Kier alpha value is -2.59. The summed E-state index contributed by atoms with van der Waals surface area (Å²) in [5, 5.41) is 5.71. The van der Waals surface area contributed by atoms with Crippen molar-refractivity contribution in [3.05, 3.63) is 24.3 Å². The van der Waals surface area contributed by atoms with Crippen LogP contribution in [0.1, 0.15) is 6.92 Å². The van der Waals surface area contributed by atoms with Gasteiger partial charge in [-0.2, -0.15) is 31.8 Å². The Morgan fingerprint density at radius 2 is 1.56 bits per heavy atom. The van der Waals surface area contributed by atoms with Crippen molar-refractivity contribution in [1.29, 1.82) is 0 Å². The third-order valence-corrected chi connectivity index (χ3v) is 6.37. The largest absolute Gasteiger partial charge is 0.353 e. The predicted octanol–water partition coefficient (Wildman–Crippen LogP) is 0.304. The third kappa shape index (κ3) is 6.96. The lowest BCUT2D eigenvalue weighted by Gasteiger charge is -2.34. The number of hydrogen-bond acceptors (Lipinski definition) is 11. The van der Waals surface area contributed by atoms with Gasteiger partial charge >= 0.3 is 0 Å². The molecule has 2 heterocycles. The van der Waals surface area contributed by atoms with Gasteiger partial charge in [-0.25, -0.2) is 0 Å². The van der Waals surface area contributed by atoms with Crippen LogP contribution >= 0.6 is 0 Å². The van der Waals surface area contributed by atoms with Gasteiger partial charge in [-0.1, -0.05) is 6.92 Å². The first-order valence-electron chi connectivity index (χ1n) is 9.80. The van der Waals surface area contributed by atoms with Crippen molar-refractivity contribution < 1.29 is 25.9 Å². The highest BCUT2D eigenvalue weighted by Crippen LogP contribution is 2.20. The molecular formula is C17H25N7O6S2. The molecule has 0 saturated carbocycles. The van der Waals surface area contributed by atoms with Crippen LogP contribution in [0.2, 0.25) is 0 Å². The molecule has 0 aliphatic carbocycles. The van der Waals surface area contributed by atoms with Gasteiger partial charge in [0.1, 0.15) is 0 Å². The van der Waals surface area contributed by atoms with Gasteiger partial charge in [0.15, 0.2) is 0 Å². The second-order valence-corrected chi connectivity index (χ2v) is 10.0. The minimum absolute atomic E-state index is 0.103. The Morgan fingerprint density at radius 1 is 0.938 bits per heavy atom. The number of nitrogens with one attached hydrogen (secondary N) is 2. The molecule has 1 aromatic heterocycles. The van der Waals surface area contributed by atoms with Crippen molar-refractivity contribution in [3.63, 3.8) is 0 Å². The van der Waals surface area contributed by atoms with Crippen molar-refractivity contribution in [1.82, 2.24) is 19.9 Å². The van der Waals surface area contributed by atoms with Gasteiger partial charge in [-0.15, -0.1) is 0 Å². The number of rotatable bonds is 9. The van der Waals surface area contributed by atoms with Gasteiger partial charge < -0.3 is 20.4 Å². The quantitative estimate of drug-likeness (QED) is 0.355. The van der Waals surface area contributed by atoms with Gasteiger partial charge in [-0.3, -0.25) is 9.11 Å². The lowest BCUT2D eigenvalue weighted by atomic mass is 10.3. The van der Waals surface area contributed by atoms with Crippen molar-refractivity contribution >= 4 is 43.8 Å². The van der Waals surface area contributed by atoms with Crippen molar-refractivity contribution in [2.75, 3.05) is 60.6 Å². The molecule has 1 aliphatic heterocycles. The second kappa shape index (κ2) is 9.91. The molecule has 1 aromatic carbocycles. The van der Waals surface area contributed by atoms with Crippen LogP contribution in [-0.2, 0) is 20.2 Å². The summed E-state index contributed by atoms with van der Waals surface area (Å²) in [6.07, 6.45) is 0. The minimum atomic E-state index is -4.31. The molecule has 176 valence electrons. The van der Waals surface area contributed by atoms with Crippen molar-refractivity contribution in [3.8, 4) is 0 Å². The smallest absolute Gasteiger partial charge is 0.294 e. The van der Waals surface area contributed by atoms with E-state index < -0.39 is 26.0 Å². The van der Waals surface area contributed by atoms with Gasteiger partial charge in [0.2, 0.25) is 17.8 Å². The highest BCUT2D eigenvalue weighted by molar-refractivity contribution is 7.86. The van der Waals surface area contributed by atoms with Gasteiger partial charge in [-0.05, 0) is 30.8 Å². The van der Waals surface area contributed by atoms with E-state index in [2.05, 4.69) is 37.4 Å². The molecule has 15 heteroatoms. The summed E-state index contributed by atoms with van der Waals surface area (Å²) in [7, 11) is -8.45. The summed E-state index contributed by atoms with van der Waals surface area (Å²) in [4.78, 5) is 17.0. The molecule has 0 radical (unpaired) electrons. The molecule has 0 amide bonds. The Balaban J connectivity index is 1.82. The molecule has 0 unspecified atom stereocenters. The molecule has 3 rings (SSSR count). The number of aromatic nitrogens is 3. The van der Waals surface area contributed by atoms with Gasteiger partial charge in [0, 0.05) is 38.4 Å². The summed E-state index contributed by atoms with van der Waals surface area (Å²) in [5.74, 6) is 0.154. The van der Waals surface area contributed by atoms with Crippen LogP contribution in [0.4, 0.5) is 23.5 Å². The summed E-state index contributed by atoms with van der Waals surface area (Å²) >= 11 is 0. The Labute approximate surface area is 186 Å². The average molecular weight is 488 g/mol. The van der Waals surface area contributed by atoms with E-state index in [9.17, 15) is 16.8 Å². The highest BCUT2D eigenvalue weighted by Gasteiger charge is 2.20. The first kappa shape index (κ1) is 24.1. The van der Waals surface area contributed by atoms with Crippen LogP contribution in [0, 0.1) is 0 Å². The predicted molar refractivity (Wildman–Crippen MR) is 119 cm³/mol. The molecule has 1 fully saturated rings. The van der Waals surface area contributed by atoms with E-state index in [1.54, 1.807) is 0 Å². The standard InChI is InChI=1S/C17H25N7O6S2/c1-2-23-8-10-24(11-9-23)17-21-15(18-7-12-31(25,26)27)20-16(22-17)19-13-3-5-14(6-4-13)32(28,29)30/h3-6H,2,7-12H2,1H3,(H,25,26,27)(H,28,29,30)(H2,18,19,20,21,22). The van der Waals surface area contributed by atoms with Crippen LogP contribution in [-0.4, -0.2) is 90.8 Å². The fourth-order valence-corrected chi connectivity index (χ4v) is 3.88. The van der Waals surface area contributed by atoms with Gasteiger partial charge in [0.25, 0.3) is 20.2 Å². The Kier molecular flexibility index (Phi) is 7.45. The van der Waals surface area contributed by atoms with Crippen LogP contribution in [0.15, 0.2) is 29.2 Å². The van der Waals surface area contributed by atoms with E-state index in [0.717, 1.165) is 19.6 Å². The maximum absolute atomic E-state index is 11.2. The molecular weight excluding hydrogens is 462 g/mol. The van der Waals surface area contributed by atoms with Crippen LogP contribution < -0.4 is 15.5 Å². The number of piperazine rings is 1. The SMILES string of the molecule is CCN1CCN(c2nc(NCCS(=O)(=O)O)nc(Nc3ccc(S(=O)(=O)O)cc3)n2)CC1. The maximum Gasteiger partial charge on any atom is 0.294 e. The molecule has 1 aliphatic rings. The number of benzene rings is 1.